The summed E-state index contributed by atoms with van der Waals surface area (Å²) in [5.41, 5.74) is 1.27. The molecule has 40 heavy (non-hydrogen) atoms. The molecule has 214 valence electrons. The van der Waals surface area contributed by atoms with Crippen molar-refractivity contribution in [2.24, 2.45) is 0 Å². The summed E-state index contributed by atoms with van der Waals surface area (Å²) in [4.78, 5) is 30.5. The normalized spacial score (nSPS) is 16.5. The van der Waals surface area contributed by atoms with E-state index in [0.717, 1.165) is 45.5 Å². The third-order valence-electron chi connectivity index (χ3n) is 6.10. The zero-order chi connectivity index (χ0) is 29.1. The molecule has 3 aromatic rings. The number of benzene rings is 2. The van der Waals surface area contributed by atoms with Crippen LogP contribution in [0.3, 0.4) is 0 Å². The highest BCUT2D eigenvalue weighted by molar-refractivity contribution is 7.89. The standard InChI is InChI=1S/C25H25F3N4O6S2/c1-16-21(23(34)35)39-24(30-16)31-13-14-32(20(15-31)22(33)29-12-11-17-5-3-2-4-6-17)40(36,37)19-9-7-18(8-10-19)38-25(26,27)28/h2-10,20H,11-15H2,1H3,(H,29,33)(H,34,35)/t20-/m1/s1. The number of hydrogen-bond acceptors (Lipinski definition) is 8. The van der Waals surface area contributed by atoms with Gasteiger partial charge in [-0.1, -0.05) is 41.7 Å². The highest BCUT2D eigenvalue weighted by Crippen LogP contribution is 2.31. The van der Waals surface area contributed by atoms with E-state index in [1.54, 1.807) is 11.8 Å². The number of rotatable bonds is 9. The Balaban J connectivity index is 1.57. The maximum atomic E-state index is 13.6. The van der Waals surface area contributed by atoms with Gasteiger partial charge in [0, 0.05) is 26.2 Å². The summed E-state index contributed by atoms with van der Waals surface area (Å²) in [6, 6.07) is 11.9. The number of aromatic carboxylic acids is 1. The number of hydrogen-bond donors (Lipinski definition) is 2. The van der Waals surface area contributed by atoms with E-state index in [-0.39, 0.29) is 36.0 Å². The fraction of sp³-hybridized carbons (Fsp3) is 0.320. The van der Waals surface area contributed by atoms with Crippen LogP contribution in [0.25, 0.3) is 0 Å². The fourth-order valence-electron chi connectivity index (χ4n) is 4.20. The Labute approximate surface area is 232 Å². The number of carboxylic acids is 1. The minimum Gasteiger partial charge on any atom is -0.477 e. The number of carbonyl (C=O) groups excluding carboxylic acids is 1. The molecule has 0 bridgehead atoms. The van der Waals surface area contributed by atoms with Gasteiger partial charge in [0.05, 0.1) is 10.6 Å². The van der Waals surface area contributed by atoms with E-state index >= 15 is 0 Å². The number of nitrogens with one attached hydrogen (secondary N) is 1. The maximum Gasteiger partial charge on any atom is 0.573 e. The van der Waals surface area contributed by atoms with Gasteiger partial charge in [0.15, 0.2) is 5.13 Å². The van der Waals surface area contributed by atoms with E-state index in [2.05, 4.69) is 15.0 Å². The Morgan fingerprint density at radius 3 is 2.40 bits per heavy atom. The first-order chi connectivity index (χ1) is 18.8. The molecule has 2 N–H and O–H groups in total. The second-order valence-corrected chi connectivity index (χ2v) is 11.7. The molecule has 2 heterocycles. The summed E-state index contributed by atoms with van der Waals surface area (Å²) >= 11 is 0.924. The van der Waals surface area contributed by atoms with Crippen molar-refractivity contribution in [2.45, 2.75) is 30.6 Å². The molecule has 1 aliphatic rings. The van der Waals surface area contributed by atoms with Crippen LogP contribution in [0.1, 0.15) is 20.9 Å². The quantitative estimate of drug-likeness (QED) is 0.384. The number of carbonyl (C=O) groups is 2. The van der Waals surface area contributed by atoms with Crippen molar-refractivity contribution in [1.29, 1.82) is 0 Å². The smallest absolute Gasteiger partial charge is 0.477 e. The Kier molecular flexibility index (Phi) is 8.65. The first kappa shape index (κ1) is 29.3. The number of thiazole rings is 1. The molecule has 0 aliphatic carbocycles. The number of halogens is 3. The van der Waals surface area contributed by atoms with E-state index in [0.29, 0.717) is 17.2 Å². The predicted octanol–water partition coefficient (Wildman–Crippen LogP) is 3.29. The molecule has 0 unspecified atom stereocenters. The third kappa shape index (κ3) is 6.89. The van der Waals surface area contributed by atoms with E-state index < -0.39 is 40.1 Å². The summed E-state index contributed by atoms with van der Waals surface area (Å²) in [6.07, 6.45) is -4.43. The lowest BCUT2D eigenvalue weighted by atomic mass is 10.1. The number of aryl methyl sites for hydroxylation is 1. The van der Waals surface area contributed by atoms with Crippen LogP contribution < -0.4 is 15.0 Å². The van der Waals surface area contributed by atoms with Crippen molar-refractivity contribution in [1.82, 2.24) is 14.6 Å². The highest BCUT2D eigenvalue weighted by Gasteiger charge is 2.41. The largest absolute Gasteiger partial charge is 0.573 e. The number of anilines is 1. The molecule has 1 atom stereocenters. The Bertz CT molecular complexity index is 1460. The summed E-state index contributed by atoms with van der Waals surface area (Å²) in [7, 11) is -4.32. The molecule has 1 aliphatic heterocycles. The van der Waals surface area contributed by atoms with E-state index in [9.17, 15) is 36.3 Å². The van der Waals surface area contributed by atoms with Crippen molar-refractivity contribution < 1.29 is 41.0 Å². The third-order valence-corrected chi connectivity index (χ3v) is 9.23. The van der Waals surface area contributed by atoms with Crippen LogP contribution >= 0.6 is 11.3 Å². The van der Waals surface area contributed by atoms with Crippen LogP contribution in [0.15, 0.2) is 59.5 Å². The SMILES string of the molecule is Cc1nc(N2CCN(S(=O)(=O)c3ccc(OC(F)(F)F)cc3)[C@@H](C(=O)NCCc3ccccc3)C2)sc1C(=O)O. The summed E-state index contributed by atoms with van der Waals surface area (Å²) in [6.45, 7) is 1.62. The second-order valence-electron chi connectivity index (χ2n) is 8.84. The average Bonchev–Trinajstić information content (AvgIpc) is 3.30. The average molecular weight is 599 g/mol. The number of piperazine rings is 1. The number of carboxylic acid groups (broad SMARTS) is 1. The first-order valence-corrected chi connectivity index (χ1v) is 14.3. The van der Waals surface area contributed by atoms with Crippen molar-refractivity contribution in [3.63, 3.8) is 0 Å². The van der Waals surface area contributed by atoms with Crippen molar-refractivity contribution >= 4 is 38.4 Å². The zero-order valence-electron chi connectivity index (χ0n) is 21.1. The monoisotopic (exact) mass is 598 g/mol. The molecule has 4 rings (SSSR count). The second kappa shape index (κ2) is 11.8. The Morgan fingerprint density at radius 2 is 1.80 bits per heavy atom. The lowest BCUT2D eigenvalue weighted by Crippen LogP contribution is -2.60. The van der Waals surface area contributed by atoms with E-state index in [1.807, 2.05) is 30.3 Å². The summed E-state index contributed by atoms with van der Waals surface area (Å²) in [5, 5.41) is 12.5. The minimum atomic E-state index is -4.94. The molecule has 1 aromatic heterocycles. The molecule has 0 radical (unpaired) electrons. The van der Waals surface area contributed by atoms with Crippen LogP contribution in [0, 0.1) is 6.92 Å². The predicted molar refractivity (Wildman–Crippen MR) is 140 cm³/mol. The first-order valence-electron chi connectivity index (χ1n) is 12.0. The molecule has 10 nitrogen and oxygen atoms in total. The van der Waals surface area contributed by atoms with Gasteiger partial charge in [0.1, 0.15) is 16.7 Å². The molecule has 1 amide bonds. The Morgan fingerprint density at radius 1 is 1.12 bits per heavy atom. The van der Waals surface area contributed by atoms with Gasteiger partial charge < -0.3 is 20.1 Å². The van der Waals surface area contributed by atoms with Gasteiger partial charge in [-0.15, -0.1) is 13.2 Å². The molecule has 2 aromatic carbocycles. The van der Waals surface area contributed by atoms with Crippen molar-refractivity contribution in [3.8, 4) is 5.75 Å². The number of alkyl halides is 3. The van der Waals surface area contributed by atoms with Gasteiger partial charge in [-0.25, -0.2) is 18.2 Å². The molecular formula is C25H25F3N4O6S2. The molecule has 0 saturated carbocycles. The maximum absolute atomic E-state index is 13.6. The van der Waals surface area contributed by atoms with Crippen molar-refractivity contribution in [2.75, 3.05) is 31.1 Å². The number of aromatic nitrogens is 1. The zero-order valence-corrected chi connectivity index (χ0v) is 22.7. The van der Waals surface area contributed by atoms with Crippen molar-refractivity contribution in [3.05, 3.63) is 70.7 Å². The van der Waals surface area contributed by atoms with Crippen LogP contribution in [-0.2, 0) is 21.2 Å². The number of ether oxygens (including phenoxy) is 1. The Hall–Kier alpha value is -3.69. The van der Waals surface area contributed by atoms with Crippen LogP contribution in [0.2, 0.25) is 0 Å². The van der Waals surface area contributed by atoms with Crippen LogP contribution in [-0.4, -0.2) is 73.3 Å². The molecule has 1 saturated heterocycles. The van der Waals surface area contributed by atoms with Gasteiger partial charge in [0.25, 0.3) is 0 Å². The number of sulfonamides is 1. The summed E-state index contributed by atoms with van der Waals surface area (Å²) in [5.74, 6) is -2.30. The molecule has 0 spiro atoms. The van der Waals surface area contributed by atoms with Crippen LogP contribution in [0.5, 0.6) is 5.75 Å². The highest BCUT2D eigenvalue weighted by atomic mass is 32.2. The van der Waals surface area contributed by atoms with Gasteiger partial charge in [0.2, 0.25) is 15.9 Å². The van der Waals surface area contributed by atoms with Gasteiger partial charge in [-0.05, 0) is 43.2 Å². The van der Waals surface area contributed by atoms with Crippen LogP contribution in [0.4, 0.5) is 18.3 Å². The van der Waals surface area contributed by atoms with E-state index in [4.69, 9.17) is 0 Å². The number of nitrogens with zero attached hydrogens (tertiary/aromatic N) is 3. The molecule has 15 heteroatoms. The van der Waals surface area contributed by atoms with Gasteiger partial charge >= 0.3 is 12.3 Å². The molecular weight excluding hydrogens is 573 g/mol. The fourth-order valence-corrected chi connectivity index (χ4v) is 6.71. The lowest BCUT2D eigenvalue weighted by molar-refractivity contribution is -0.274. The summed E-state index contributed by atoms with van der Waals surface area (Å²) < 4.78 is 69.5. The lowest BCUT2D eigenvalue weighted by Gasteiger charge is -2.39. The minimum absolute atomic E-state index is 0.0371. The van der Waals surface area contributed by atoms with Gasteiger partial charge in [-0.3, -0.25) is 4.79 Å². The topological polar surface area (TPSA) is 129 Å². The number of amides is 1. The van der Waals surface area contributed by atoms with E-state index in [1.165, 1.54) is 0 Å². The van der Waals surface area contributed by atoms with Gasteiger partial charge in [-0.2, -0.15) is 4.31 Å². The molecule has 1 fully saturated rings.